The SMILES string of the molecule is CCCCNC.O=CN1CC=C(c2cc3c(Nc4ccc5ncsc5c4)ccnc3[nH]2)CC1. The van der Waals surface area contributed by atoms with Crippen molar-refractivity contribution in [3.05, 3.63) is 53.8 Å². The number of benzene rings is 1. The first-order valence-corrected chi connectivity index (χ1v) is 12.2. The first-order chi connectivity index (χ1) is 16.2. The number of fused-ring (bicyclic) bond motifs is 2. The van der Waals surface area contributed by atoms with E-state index in [0.717, 1.165) is 64.2 Å². The van der Waals surface area contributed by atoms with Gasteiger partial charge in [0.25, 0.3) is 0 Å². The van der Waals surface area contributed by atoms with Gasteiger partial charge in [-0.15, -0.1) is 11.3 Å². The number of H-pyrrole nitrogens is 1. The van der Waals surface area contributed by atoms with Gasteiger partial charge in [-0.3, -0.25) is 4.79 Å². The van der Waals surface area contributed by atoms with E-state index in [-0.39, 0.29) is 0 Å². The molecule has 8 heteroatoms. The van der Waals surface area contributed by atoms with Gasteiger partial charge >= 0.3 is 0 Å². The van der Waals surface area contributed by atoms with Gasteiger partial charge in [0.05, 0.1) is 21.4 Å². The van der Waals surface area contributed by atoms with Crippen LogP contribution in [0.3, 0.4) is 0 Å². The fourth-order valence-corrected chi connectivity index (χ4v) is 4.49. The van der Waals surface area contributed by atoms with Crippen molar-refractivity contribution < 1.29 is 4.79 Å². The van der Waals surface area contributed by atoms with Crippen molar-refractivity contribution in [3.8, 4) is 0 Å². The highest BCUT2D eigenvalue weighted by molar-refractivity contribution is 7.16. The number of pyridine rings is 1. The molecule has 0 bridgehead atoms. The largest absolute Gasteiger partial charge is 0.355 e. The summed E-state index contributed by atoms with van der Waals surface area (Å²) in [6, 6.07) is 10.3. The number of hydrogen-bond donors (Lipinski definition) is 3. The Hall–Kier alpha value is -3.23. The molecule has 7 nitrogen and oxygen atoms in total. The number of hydrogen-bond acceptors (Lipinski definition) is 6. The van der Waals surface area contributed by atoms with Crippen molar-refractivity contribution in [2.45, 2.75) is 26.2 Å². The van der Waals surface area contributed by atoms with E-state index in [1.54, 1.807) is 22.4 Å². The highest BCUT2D eigenvalue weighted by Gasteiger charge is 2.15. The van der Waals surface area contributed by atoms with Crippen molar-refractivity contribution in [2.75, 3.05) is 32.0 Å². The zero-order chi connectivity index (χ0) is 23.0. The first-order valence-electron chi connectivity index (χ1n) is 11.3. The smallest absolute Gasteiger partial charge is 0.209 e. The van der Waals surface area contributed by atoms with Gasteiger partial charge in [-0.1, -0.05) is 19.4 Å². The maximum atomic E-state index is 10.9. The quantitative estimate of drug-likeness (QED) is 0.261. The van der Waals surface area contributed by atoms with Crippen LogP contribution in [0.25, 0.3) is 26.8 Å². The number of thiazole rings is 1. The summed E-state index contributed by atoms with van der Waals surface area (Å²) in [5.41, 5.74) is 8.06. The second-order valence-electron chi connectivity index (χ2n) is 8.00. The van der Waals surface area contributed by atoms with Crippen molar-refractivity contribution in [1.82, 2.24) is 25.2 Å². The van der Waals surface area contributed by atoms with Crippen molar-refractivity contribution >= 4 is 55.9 Å². The minimum atomic E-state index is 0.654. The lowest BCUT2D eigenvalue weighted by molar-refractivity contribution is -0.117. The van der Waals surface area contributed by atoms with E-state index in [0.29, 0.717) is 6.54 Å². The molecule has 0 saturated carbocycles. The van der Waals surface area contributed by atoms with Gasteiger partial charge in [0, 0.05) is 36.1 Å². The van der Waals surface area contributed by atoms with E-state index in [9.17, 15) is 4.79 Å². The molecule has 172 valence electrons. The molecule has 1 amide bonds. The van der Waals surface area contributed by atoms with Gasteiger partial charge in [-0.25, -0.2) is 9.97 Å². The predicted octanol–water partition coefficient (Wildman–Crippen LogP) is 5.17. The Morgan fingerprint density at radius 1 is 1.24 bits per heavy atom. The van der Waals surface area contributed by atoms with E-state index in [1.807, 2.05) is 30.8 Å². The number of amides is 1. The van der Waals surface area contributed by atoms with Crippen LogP contribution in [0.4, 0.5) is 11.4 Å². The Bertz CT molecular complexity index is 1240. The normalized spacial score (nSPS) is 13.5. The Morgan fingerprint density at radius 3 is 2.88 bits per heavy atom. The first kappa shape index (κ1) is 22.9. The lowest BCUT2D eigenvalue weighted by Gasteiger charge is -2.21. The highest BCUT2D eigenvalue weighted by Crippen LogP contribution is 2.31. The zero-order valence-electron chi connectivity index (χ0n) is 19.1. The Labute approximate surface area is 197 Å². The molecule has 4 aromatic rings. The molecule has 0 atom stereocenters. The average molecular weight is 463 g/mol. The van der Waals surface area contributed by atoms with Crippen LogP contribution in [0.2, 0.25) is 0 Å². The van der Waals surface area contributed by atoms with Gasteiger partial charge < -0.3 is 20.5 Å². The third-order valence-electron chi connectivity index (χ3n) is 5.66. The maximum Gasteiger partial charge on any atom is 0.209 e. The minimum absolute atomic E-state index is 0.654. The molecule has 3 N–H and O–H groups in total. The second-order valence-corrected chi connectivity index (χ2v) is 8.89. The van der Waals surface area contributed by atoms with Gasteiger partial charge in [0.1, 0.15) is 5.65 Å². The number of carbonyl (C=O) groups is 1. The van der Waals surface area contributed by atoms with E-state index < -0.39 is 0 Å². The van der Waals surface area contributed by atoms with Gasteiger partial charge in [0.15, 0.2) is 0 Å². The summed E-state index contributed by atoms with van der Waals surface area (Å²) in [4.78, 5) is 24.9. The van der Waals surface area contributed by atoms with Crippen LogP contribution in [-0.2, 0) is 4.79 Å². The number of nitrogens with zero attached hydrogens (tertiary/aromatic N) is 3. The fraction of sp³-hybridized carbons (Fsp3) is 0.320. The van der Waals surface area contributed by atoms with E-state index in [2.05, 4.69) is 50.7 Å². The van der Waals surface area contributed by atoms with Gasteiger partial charge in [-0.2, -0.15) is 0 Å². The molecule has 1 aliphatic heterocycles. The fourth-order valence-electron chi connectivity index (χ4n) is 3.78. The van der Waals surface area contributed by atoms with Crippen molar-refractivity contribution in [3.63, 3.8) is 0 Å². The number of aromatic nitrogens is 3. The monoisotopic (exact) mass is 462 g/mol. The molecular weight excluding hydrogens is 432 g/mol. The summed E-state index contributed by atoms with van der Waals surface area (Å²) in [6.07, 6.45) is 8.25. The van der Waals surface area contributed by atoms with E-state index >= 15 is 0 Å². The number of anilines is 2. The van der Waals surface area contributed by atoms with Gasteiger partial charge in [0.2, 0.25) is 6.41 Å². The topological polar surface area (TPSA) is 85.9 Å². The Kier molecular flexibility index (Phi) is 7.70. The van der Waals surface area contributed by atoms with Gasteiger partial charge in [-0.05, 0) is 62.3 Å². The Balaban J connectivity index is 0.000000385. The molecule has 5 rings (SSSR count). The molecule has 1 aromatic carbocycles. The molecule has 0 aliphatic carbocycles. The van der Waals surface area contributed by atoms with Crippen molar-refractivity contribution in [1.29, 1.82) is 0 Å². The zero-order valence-corrected chi connectivity index (χ0v) is 19.9. The molecule has 4 heterocycles. The minimum Gasteiger partial charge on any atom is -0.355 e. The standard InChI is InChI=1S/C20H17N5OS.C5H13N/c26-12-25-7-4-13(5-8-25)18-10-15-16(3-6-21-20(15)24-18)23-14-1-2-17-19(9-14)27-11-22-17;1-3-4-5-6-2/h1-4,6,9-12H,5,7-8H2,(H2,21,23,24);6H,3-5H2,1-2H3. The number of unbranched alkanes of at least 4 members (excludes halogenated alkanes) is 1. The molecule has 0 unspecified atom stereocenters. The van der Waals surface area contributed by atoms with Crippen LogP contribution >= 0.6 is 11.3 Å². The molecule has 0 radical (unpaired) electrons. The molecule has 0 fully saturated rings. The lowest BCUT2D eigenvalue weighted by Crippen LogP contribution is -2.26. The number of nitrogens with one attached hydrogen (secondary N) is 3. The van der Waals surface area contributed by atoms with Crippen LogP contribution in [-0.4, -0.2) is 52.9 Å². The average Bonchev–Trinajstić information content (AvgIpc) is 3.50. The third kappa shape index (κ3) is 5.58. The van der Waals surface area contributed by atoms with E-state index in [1.165, 1.54) is 18.4 Å². The second kappa shape index (κ2) is 11.1. The van der Waals surface area contributed by atoms with Crippen LogP contribution in [0.1, 0.15) is 31.9 Å². The lowest BCUT2D eigenvalue weighted by atomic mass is 10.1. The number of carbonyl (C=O) groups excluding carboxylic acids is 1. The molecule has 0 spiro atoms. The van der Waals surface area contributed by atoms with Crippen molar-refractivity contribution in [2.24, 2.45) is 0 Å². The summed E-state index contributed by atoms with van der Waals surface area (Å²) in [6.45, 7) is 4.76. The molecule has 33 heavy (non-hydrogen) atoms. The highest BCUT2D eigenvalue weighted by atomic mass is 32.1. The van der Waals surface area contributed by atoms with Crippen LogP contribution in [0, 0.1) is 0 Å². The summed E-state index contributed by atoms with van der Waals surface area (Å²) >= 11 is 1.63. The summed E-state index contributed by atoms with van der Waals surface area (Å²) in [5, 5.41) is 7.63. The third-order valence-corrected chi connectivity index (χ3v) is 6.45. The summed E-state index contributed by atoms with van der Waals surface area (Å²) in [7, 11) is 1.98. The molecule has 0 saturated heterocycles. The van der Waals surface area contributed by atoms with E-state index in [4.69, 9.17) is 0 Å². The summed E-state index contributed by atoms with van der Waals surface area (Å²) < 4.78 is 1.16. The number of rotatable bonds is 7. The number of aromatic amines is 1. The molecule has 3 aromatic heterocycles. The van der Waals surface area contributed by atoms with Crippen LogP contribution in [0.5, 0.6) is 0 Å². The Morgan fingerprint density at radius 2 is 2.15 bits per heavy atom. The predicted molar refractivity (Wildman–Crippen MR) is 138 cm³/mol. The molecular formula is C25H30N6OS. The summed E-state index contributed by atoms with van der Waals surface area (Å²) in [5.74, 6) is 0. The van der Waals surface area contributed by atoms with Crippen LogP contribution < -0.4 is 10.6 Å². The van der Waals surface area contributed by atoms with Crippen LogP contribution in [0.15, 0.2) is 48.1 Å². The molecule has 1 aliphatic rings. The maximum absolute atomic E-state index is 10.9.